The van der Waals surface area contributed by atoms with Crippen LogP contribution in [-0.4, -0.2) is 39.4 Å². The largest absolute Gasteiger partial charge is 0.480 e. The summed E-state index contributed by atoms with van der Waals surface area (Å²) >= 11 is 0. The molecule has 0 aliphatic rings. The van der Waals surface area contributed by atoms with Crippen LogP contribution in [0.25, 0.3) is 0 Å². The van der Waals surface area contributed by atoms with Gasteiger partial charge in [-0.05, 0) is 20.3 Å². The summed E-state index contributed by atoms with van der Waals surface area (Å²) in [5.41, 5.74) is 6.16. The fourth-order valence-electron chi connectivity index (χ4n) is 2.07. The van der Waals surface area contributed by atoms with Gasteiger partial charge in [-0.2, -0.15) is 5.10 Å². The molecule has 0 bridgehead atoms. The third-order valence-electron chi connectivity index (χ3n) is 3.14. The molecule has 0 spiro atoms. The number of aryl methyl sites for hydroxylation is 2. The van der Waals surface area contributed by atoms with E-state index in [0.29, 0.717) is 11.5 Å². The summed E-state index contributed by atoms with van der Waals surface area (Å²) in [6.45, 7) is 5.33. The number of nitrogens with two attached hydrogens (primary N) is 1. The van der Waals surface area contributed by atoms with Gasteiger partial charge in [-0.1, -0.05) is 6.92 Å². The summed E-state index contributed by atoms with van der Waals surface area (Å²) in [5.74, 6) is -1.10. The smallest absolute Gasteiger partial charge is 0.323 e. The third kappa shape index (κ3) is 3.04. The molecule has 3 N–H and O–H groups in total. The second-order valence-electron chi connectivity index (χ2n) is 4.55. The lowest BCUT2D eigenvalue weighted by atomic mass is 10.1. The molecular weight excluding hydrogens is 248 g/mol. The highest BCUT2D eigenvalue weighted by Gasteiger charge is 2.27. The number of nitrogens with zero attached hydrogens (tertiary/aromatic N) is 3. The first-order chi connectivity index (χ1) is 8.79. The monoisotopic (exact) mass is 268 g/mol. The zero-order valence-electron chi connectivity index (χ0n) is 11.7. The second kappa shape index (κ2) is 5.73. The Balaban J connectivity index is 3.36. The van der Waals surface area contributed by atoms with Crippen LogP contribution in [0.4, 0.5) is 5.82 Å². The van der Waals surface area contributed by atoms with E-state index in [0.717, 1.165) is 6.42 Å². The number of carboxylic acids is 1. The van der Waals surface area contributed by atoms with Crippen LogP contribution < -0.4 is 10.6 Å². The van der Waals surface area contributed by atoms with E-state index in [2.05, 4.69) is 5.10 Å². The van der Waals surface area contributed by atoms with Gasteiger partial charge in [0.15, 0.2) is 0 Å². The second-order valence-corrected chi connectivity index (χ2v) is 4.55. The van der Waals surface area contributed by atoms with Crippen LogP contribution in [0.3, 0.4) is 0 Å². The zero-order valence-corrected chi connectivity index (χ0v) is 11.7. The molecular formula is C12H20N4O3. The average Bonchev–Trinajstić information content (AvgIpc) is 2.59. The number of primary amides is 1. The summed E-state index contributed by atoms with van der Waals surface area (Å²) in [7, 11) is 1.67. The van der Waals surface area contributed by atoms with Crippen LogP contribution in [0.5, 0.6) is 0 Å². The molecule has 7 heteroatoms. The van der Waals surface area contributed by atoms with Crippen LogP contribution >= 0.6 is 0 Å². The Morgan fingerprint density at radius 1 is 1.53 bits per heavy atom. The average molecular weight is 268 g/mol. The van der Waals surface area contributed by atoms with Crippen LogP contribution in [0.15, 0.2) is 0 Å². The van der Waals surface area contributed by atoms with Crippen LogP contribution in [0.1, 0.15) is 36.3 Å². The van der Waals surface area contributed by atoms with Gasteiger partial charge in [-0.15, -0.1) is 0 Å². The molecule has 0 aliphatic heterocycles. The predicted octanol–water partition coefficient (Wildman–Crippen LogP) is 0.517. The van der Waals surface area contributed by atoms with Crippen molar-refractivity contribution in [3.8, 4) is 0 Å². The lowest BCUT2D eigenvalue weighted by Crippen LogP contribution is -2.39. The molecule has 19 heavy (non-hydrogen) atoms. The summed E-state index contributed by atoms with van der Waals surface area (Å²) in [6, 6.07) is -0.0380. The molecule has 1 unspecified atom stereocenters. The molecule has 0 aliphatic carbocycles. The van der Waals surface area contributed by atoms with E-state index in [-0.39, 0.29) is 18.2 Å². The standard InChI is InChI=1S/C12H20N4O3/c1-5-7(2)16(6-9(17)18)12-10(11(13)19)8(3)14-15(12)4/h7H,5-6H2,1-4H3,(H2,13,19)(H,17,18). The van der Waals surface area contributed by atoms with Crippen molar-refractivity contribution in [1.82, 2.24) is 9.78 Å². The lowest BCUT2D eigenvalue weighted by Gasteiger charge is -2.29. The summed E-state index contributed by atoms with van der Waals surface area (Å²) in [6.07, 6.45) is 0.746. The fourth-order valence-corrected chi connectivity index (χ4v) is 2.07. The molecule has 0 aromatic carbocycles. The van der Waals surface area contributed by atoms with Gasteiger partial charge >= 0.3 is 5.97 Å². The van der Waals surface area contributed by atoms with E-state index in [1.165, 1.54) is 4.68 Å². The number of hydrogen-bond acceptors (Lipinski definition) is 4. The van der Waals surface area contributed by atoms with E-state index in [1.54, 1.807) is 18.9 Å². The number of aliphatic carboxylic acids is 1. The highest BCUT2D eigenvalue weighted by Crippen LogP contribution is 2.25. The van der Waals surface area contributed by atoms with Gasteiger partial charge in [0.1, 0.15) is 17.9 Å². The number of carbonyl (C=O) groups is 2. The summed E-state index contributed by atoms with van der Waals surface area (Å²) < 4.78 is 1.50. The maximum atomic E-state index is 11.6. The van der Waals surface area contributed by atoms with Crippen molar-refractivity contribution in [3.63, 3.8) is 0 Å². The first-order valence-electron chi connectivity index (χ1n) is 6.11. The minimum Gasteiger partial charge on any atom is -0.480 e. The van der Waals surface area contributed by atoms with Crippen molar-refractivity contribution in [1.29, 1.82) is 0 Å². The van der Waals surface area contributed by atoms with Crippen molar-refractivity contribution in [2.24, 2.45) is 12.8 Å². The molecule has 1 amide bonds. The van der Waals surface area contributed by atoms with E-state index < -0.39 is 11.9 Å². The lowest BCUT2D eigenvalue weighted by molar-refractivity contribution is -0.135. The molecule has 1 rings (SSSR count). The number of hydrogen-bond donors (Lipinski definition) is 2. The topological polar surface area (TPSA) is 101 Å². The number of aromatic nitrogens is 2. The van der Waals surface area contributed by atoms with E-state index in [1.807, 2.05) is 13.8 Å². The Morgan fingerprint density at radius 2 is 2.11 bits per heavy atom. The molecule has 1 aromatic heterocycles. The first-order valence-corrected chi connectivity index (χ1v) is 6.11. The molecule has 1 aromatic rings. The van der Waals surface area contributed by atoms with Crippen molar-refractivity contribution in [2.45, 2.75) is 33.2 Å². The maximum Gasteiger partial charge on any atom is 0.323 e. The predicted molar refractivity (Wildman–Crippen MR) is 71.2 cm³/mol. The number of carbonyl (C=O) groups excluding carboxylic acids is 1. The van der Waals surface area contributed by atoms with Gasteiger partial charge in [0.25, 0.3) is 5.91 Å². The Hall–Kier alpha value is -2.05. The van der Waals surface area contributed by atoms with Gasteiger partial charge in [0.2, 0.25) is 0 Å². The highest BCUT2D eigenvalue weighted by molar-refractivity contribution is 5.99. The quantitative estimate of drug-likeness (QED) is 0.783. The third-order valence-corrected chi connectivity index (χ3v) is 3.14. The minimum absolute atomic E-state index is 0.0380. The molecule has 7 nitrogen and oxygen atoms in total. The van der Waals surface area contributed by atoms with Gasteiger partial charge in [0.05, 0.1) is 5.69 Å². The zero-order chi connectivity index (χ0) is 14.7. The van der Waals surface area contributed by atoms with Crippen molar-refractivity contribution >= 4 is 17.7 Å². The SMILES string of the molecule is CCC(C)N(CC(=O)O)c1c(C(N)=O)c(C)nn1C. The number of anilines is 1. The Morgan fingerprint density at radius 3 is 2.53 bits per heavy atom. The van der Waals surface area contributed by atoms with Crippen LogP contribution in [-0.2, 0) is 11.8 Å². The summed E-state index contributed by atoms with van der Waals surface area (Å²) in [4.78, 5) is 24.2. The van der Waals surface area contributed by atoms with Crippen molar-refractivity contribution in [2.75, 3.05) is 11.4 Å². The molecule has 0 saturated heterocycles. The number of amides is 1. The van der Waals surface area contributed by atoms with E-state index in [4.69, 9.17) is 10.8 Å². The van der Waals surface area contributed by atoms with Gasteiger partial charge in [-0.3, -0.25) is 14.3 Å². The van der Waals surface area contributed by atoms with E-state index >= 15 is 0 Å². The van der Waals surface area contributed by atoms with E-state index in [9.17, 15) is 9.59 Å². The summed E-state index contributed by atoms with van der Waals surface area (Å²) in [5, 5.41) is 13.2. The number of carboxylic acid groups (broad SMARTS) is 1. The van der Waals surface area contributed by atoms with Crippen molar-refractivity contribution < 1.29 is 14.7 Å². The van der Waals surface area contributed by atoms with Gasteiger partial charge < -0.3 is 15.7 Å². The van der Waals surface area contributed by atoms with Crippen LogP contribution in [0, 0.1) is 6.92 Å². The minimum atomic E-state index is -0.963. The molecule has 1 heterocycles. The maximum absolute atomic E-state index is 11.6. The van der Waals surface area contributed by atoms with Gasteiger partial charge in [0, 0.05) is 13.1 Å². The Labute approximate surface area is 112 Å². The Kier molecular flexibility index (Phi) is 4.52. The van der Waals surface area contributed by atoms with Crippen LogP contribution in [0.2, 0.25) is 0 Å². The highest BCUT2D eigenvalue weighted by atomic mass is 16.4. The fraction of sp³-hybridized carbons (Fsp3) is 0.583. The molecule has 0 radical (unpaired) electrons. The molecule has 1 atom stereocenters. The molecule has 106 valence electrons. The van der Waals surface area contributed by atoms with Gasteiger partial charge in [-0.25, -0.2) is 0 Å². The Bertz CT molecular complexity index is 495. The molecule has 0 saturated carbocycles. The number of rotatable bonds is 6. The van der Waals surface area contributed by atoms with Crippen molar-refractivity contribution in [3.05, 3.63) is 11.3 Å². The first kappa shape index (κ1) is 15.0. The normalized spacial score (nSPS) is 12.2. The molecule has 0 fully saturated rings.